The number of aromatic nitrogens is 5. The van der Waals surface area contributed by atoms with Gasteiger partial charge >= 0.3 is 0 Å². The van der Waals surface area contributed by atoms with Crippen LogP contribution in [0.15, 0.2) is 48.2 Å². The Morgan fingerprint density at radius 2 is 2.23 bits per heavy atom. The Bertz CT molecular complexity index is 1080. The minimum Gasteiger partial charge on any atom is -0.470 e. The van der Waals surface area contributed by atoms with E-state index >= 15 is 4.39 Å². The molecule has 4 atom stereocenters. The molecule has 2 aliphatic heterocycles. The summed E-state index contributed by atoms with van der Waals surface area (Å²) in [6.07, 6.45) is 11.3. The van der Waals surface area contributed by atoms with Crippen molar-refractivity contribution >= 4 is 0 Å². The highest BCUT2D eigenvalue weighted by Crippen LogP contribution is 2.37. The summed E-state index contributed by atoms with van der Waals surface area (Å²) in [4.78, 5) is 28.1. The van der Waals surface area contributed by atoms with Gasteiger partial charge in [0.2, 0.25) is 5.88 Å². The number of imidazole rings is 1. The van der Waals surface area contributed by atoms with E-state index in [1.807, 2.05) is 6.92 Å². The van der Waals surface area contributed by atoms with Gasteiger partial charge < -0.3 is 15.0 Å². The fourth-order valence-corrected chi connectivity index (χ4v) is 4.52. The van der Waals surface area contributed by atoms with E-state index in [9.17, 15) is 4.79 Å². The maximum Gasteiger partial charge on any atom is 0.232 e. The van der Waals surface area contributed by atoms with Gasteiger partial charge in [-0.05, 0) is 26.2 Å². The average Bonchev–Trinajstić information content (AvgIpc) is 3.28. The third kappa shape index (κ3) is 3.39. The van der Waals surface area contributed by atoms with Gasteiger partial charge in [0, 0.05) is 37.1 Å². The Hall–Kier alpha value is -3.07. The van der Waals surface area contributed by atoms with Crippen LogP contribution in [-0.4, -0.2) is 48.4 Å². The summed E-state index contributed by atoms with van der Waals surface area (Å²) in [5.41, 5.74) is 0.0731. The SMILES string of the molecule is C[C@]12CCCC(C[C@@H](Oc3cnc(-c4c[nH]c(-n5ccnc5)cc4=O)cn3)[C@@H]1F)N2. The molecule has 156 valence electrons. The van der Waals surface area contributed by atoms with E-state index in [1.165, 1.54) is 18.5 Å². The standard InChI is InChI=1S/C21H23FN6O2/c1-21-4-2-3-13(27-21)7-17(20(21)22)30-19-11-24-15(10-26-19)14-9-25-18(8-16(14)29)28-6-5-23-12-28/h5-6,8-13,17,20,27H,2-4,7H2,1H3,(H,25,29)/t13?,17-,20+,21+/m1/s1. The van der Waals surface area contributed by atoms with Crippen molar-refractivity contribution in [1.82, 2.24) is 29.8 Å². The molecule has 5 rings (SSSR count). The highest BCUT2D eigenvalue weighted by Gasteiger charge is 2.49. The first-order chi connectivity index (χ1) is 14.5. The Kier molecular flexibility index (Phi) is 4.62. The lowest BCUT2D eigenvalue weighted by Gasteiger charge is -2.49. The van der Waals surface area contributed by atoms with Gasteiger partial charge in [0.15, 0.2) is 11.6 Å². The van der Waals surface area contributed by atoms with Crippen LogP contribution in [0.5, 0.6) is 5.88 Å². The maximum atomic E-state index is 15.1. The number of nitrogens with zero attached hydrogens (tertiary/aromatic N) is 4. The maximum absolute atomic E-state index is 15.1. The van der Waals surface area contributed by atoms with Crippen molar-refractivity contribution in [3.05, 3.63) is 53.6 Å². The number of rotatable bonds is 4. The van der Waals surface area contributed by atoms with Crippen molar-refractivity contribution < 1.29 is 9.13 Å². The monoisotopic (exact) mass is 410 g/mol. The smallest absolute Gasteiger partial charge is 0.232 e. The number of alkyl halides is 1. The molecule has 8 nitrogen and oxygen atoms in total. The second-order valence-electron chi connectivity index (χ2n) is 8.25. The van der Waals surface area contributed by atoms with Crippen LogP contribution in [0.4, 0.5) is 4.39 Å². The fraction of sp³-hybridized carbons (Fsp3) is 0.429. The van der Waals surface area contributed by atoms with Gasteiger partial charge in [-0.1, -0.05) is 0 Å². The topological polar surface area (TPSA) is 97.7 Å². The minimum atomic E-state index is -1.12. The number of nitrogens with one attached hydrogen (secondary N) is 2. The molecular formula is C21H23FN6O2. The molecule has 0 radical (unpaired) electrons. The van der Waals surface area contributed by atoms with Crippen LogP contribution < -0.4 is 15.5 Å². The second-order valence-corrected chi connectivity index (χ2v) is 8.25. The fourth-order valence-electron chi connectivity index (χ4n) is 4.52. The summed E-state index contributed by atoms with van der Waals surface area (Å²) in [5, 5.41) is 3.41. The van der Waals surface area contributed by atoms with Gasteiger partial charge in [-0.2, -0.15) is 0 Å². The van der Waals surface area contributed by atoms with E-state index in [-0.39, 0.29) is 17.4 Å². The molecule has 2 fully saturated rings. The Morgan fingerprint density at radius 1 is 1.33 bits per heavy atom. The van der Waals surface area contributed by atoms with Crippen molar-refractivity contribution in [3.8, 4) is 23.0 Å². The largest absolute Gasteiger partial charge is 0.470 e. The molecule has 1 unspecified atom stereocenters. The number of aromatic amines is 1. The summed E-state index contributed by atoms with van der Waals surface area (Å²) in [6.45, 7) is 1.92. The van der Waals surface area contributed by atoms with Crippen LogP contribution in [0.2, 0.25) is 0 Å². The molecule has 2 aliphatic rings. The van der Waals surface area contributed by atoms with Crippen molar-refractivity contribution in [1.29, 1.82) is 0 Å². The molecule has 0 aromatic carbocycles. The van der Waals surface area contributed by atoms with Crippen LogP contribution in [0.3, 0.4) is 0 Å². The zero-order chi connectivity index (χ0) is 20.7. The molecule has 3 aromatic rings. The third-order valence-corrected chi connectivity index (χ3v) is 6.09. The van der Waals surface area contributed by atoms with Gasteiger partial charge in [-0.15, -0.1) is 0 Å². The van der Waals surface area contributed by atoms with Crippen molar-refractivity contribution in [2.24, 2.45) is 0 Å². The second kappa shape index (κ2) is 7.32. The first kappa shape index (κ1) is 18.9. The van der Waals surface area contributed by atoms with Crippen LogP contribution in [-0.2, 0) is 0 Å². The van der Waals surface area contributed by atoms with E-state index in [0.717, 1.165) is 19.3 Å². The third-order valence-electron chi connectivity index (χ3n) is 6.09. The molecule has 5 heterocycles. The molecular weight excluding hydrogens is 387 g/mol. The van der Waals surface area contributed by atoms with Crippen LogP contribution in [0.25, 0.3) is 17.1 Å². The summed E-state index contributed by atoms with van der Waals surface area (Å²) >= 11 is 0. The summed E-state index contributed by atoms with van der Waals surface area (Å²) in [6, 6.07) is 1.74. The molecule has 0 aliphatic carbocycles. The van der Waals surface area contributed by atoms with E-state index in [2.05, 4.69) is 25.3 Å². The first-order valence-electron chi connectivity index (χ1n) is 10.1. The number of pyridine rings is 1. The summed E-state index contributed by atoms with van der Waals surface area (Å²) in [7, 11) is 0. The van der Waals surface area contributed by atoms with Gasteiger partial charge in [-0.3, -0.25) is 9.36 Å². The van der Waals surface area contributed by atoms with E-state index < -0.39 is 17.8 Å². The van der Waals surface area contributed by atoms with Gasteiger partial charge in [-0.25, -0.2) is 19.3 Å². The highest BCUT2D eigenvalue weighted by molar-refractivity contribution is 5.57. The zero-order valence-corrected chi connectivity index (χ0v) is 16.6. The van der Waals surface area contributed by atoms with Gasteiger partial charge in [0.1, 0.15) is 18.2 Å². The normalized spacial score (nSPS) is 28.3. The molecule has 2 bridgehead atoms. The van der Waals surface area contributed by atoms with Crippen LogP contribution in [0, 0.1) is 0 Å². The number of halogens is 1. The Balaban J connectivity index is 1.33. The molecule has 2 N–H and O–H groups in total. The van der Waals surface area contributed by atoms with Gasteiger partial charge in [0.25, 0.3) is 0 Å². The van der Waals surface area contributed by atoms with Crippen LogP contribution in [0.1, 0.15) is 32.6 Å². The summed E-state index contributed by atoms with van der Waals surface area (Å²) in [5.74, 6) is 0.870. The Morgan fingerprint density at radius 3 is 2.97 bits per heavy atom. The number of piperidine rings is 2. The van der Waals surface area contributed by atoms with Crippen molar-refractivity contribution in [3.63, 3.8) is 0 Å². The predicted octanol–water partition coefficient (Wildman–Crippen LogP) is 2.41. The molecule has 30 heavy (non-hydrogen) atoms. The van der Waals surface area contributed by atoms with Crippen LogP contribution >= 0.6 is 0 Å². The minimum absolute atomic E-state index is 0.191. The number of H-pyrrole nitrogens is 1. The summed E-state index contributed by atoms with van der Waals surface area (Å²) < 4.78 is 22.6. The average molecular weight is 410 g/mol. The van der Waals surface area contributed by atoms with E-state index in [1.54, 1.807) is 29.5 Å². The number of ether oxygens (including phenoxy) is 1. The molecule has 0 saturated carbocycles. The number of hydrogen-bond acceptors (Lipinski definition) is 6. The predicted molar refractivity (Wildman–Crippen MR) is 108 cm³/mol. The number of hydrogen-bond donors (Lipinski definition) is 2. The lowest BCUT2D eigenvalue weighted by molar-refractivity contribution is -0.0347. The number of fused-ring (bicyclic) bond motifs is 2. The lowest BCUT2D eigenvalue weighted by Crippen LogP contribution is -2.66. The molecule has 0 amide bonds. The first-order valence-corrected chi connectivity index (χ1v) is 10.1. The van der Waals surface area contributed by atoms with Crippen molar-refractivity contribution in [2.75, 3.05) is 0 Å². The molecule has 2 saturated heterocycles. The highest BCUT2D eigenvalue weighted by atomic mass is 19.1. The van der Waals surface area contributed by atoms with Crippen molar-refractivity contribution in [2.45, 2.75) is 56.5 Å². The molecule has 0 spiro atoms. The van der Waals surface area contributed by atoms with E-state index in [4.69, 9.17) is 4.74 Å². The van der Waals surface area contributed by atoms with Gasteiger partial charge in [0.05, 0.1) is 29.2 Å². The zero-order valence-electron chi connectivity index (χ0n) is 16.6. The lowest BCUT2D eigenvalue weighted by atomic mass is 9.75. The quantitative estimate of drug-likeness (QED) is 0.686. The molecule has 9 heteroatoms. The van der Waals surface area contributed by atoms with E-state index in [0.29, 0.717) is 23.5 Å². The Labute approximate surface area is 172 Å². The molecule has 3 aromatic heterocycles.